The molecule has 8 nitrogen and oxygen atoms in total. The minimum Gasteiger partial charge on any atom is -0.493 e. The molecular formula is C25H31N3O5. The van der Waals surface area contributed by atoms with Gasteiger partial charge < -0.3 is 24.8 Å². The first-order valence-electron chi connectivity index (χ1n) is 10.7. The molecule has 0 unspecified atom stereocenters. The van der Waals surface area contributed by atoms with Gasteiger partial charge in [-0.05, 0) is 42.2 Å². The Morgan fingerprint density at radius 3 is 2.33 bits per heavy atom. The van der Waals surface area contributed by atoms with Gasteiger partial charge in [-0.25, -0.2) is 0 Å². The number of rotatable bonds is 8. The number of hydrogen-bond acceptors (Lipinski definition) is 6. The van der Waals surface area contributed by atoms with Crippen LogP contribution in [0.25, 0.3) is 0 Å². The fourth-order valence-electron chi connectivity index (χ4n) is 3.98. The Balaban J connectivity index is 1.92. The third-order valence-corrected chi connectivity index (χ3v) is 5.65. The minimum absolute atomic E-state index is 0.00243. The zero-order chi connectivity index (χ0) is 24.5. The summed E-state index contributed by atoms with van der Waals surface area (Å²) >= 11 is 0. The Morgan fingerprint density at radius 2 is 1.79 bits per heavy atom. The first-order chi connectivity index (χ1) is 15.5. The van der Waals surface area contributed by atoms with Crippen molar-refractivity contribution in [3.8, 4) is 17.2 Å². The number of benzene rings is 2. The summed E-state index contributed by atoms with van der Waals surface area (Å²) in [5.41, 5.74) is 8.17. The lowest BCUT2D eigenvalue weighted by molar-refractivity contribution is 0.0960. The molecule has 1 amide bonds. The van der Waals surface area contributed by atoms with Crippen LogP contribution in [0.1, 0.15) is 65.1 Å². The molecule has 0 aromatic heterocycles. The van der Waals surface area contributed by atoms with Crippen molar-refractivity contribution < 1.29 is 23.8 Å². The molecule has 0 radical (unpaired) electrons. The van der Waals surface area contributed by atoms with Crippen molar-refractivity contribution >= 4 is 17.5 Å². The third-order valence-electron chi connectivity index (χ3n) is 5.65. The number of methoxy groups -OCH3 is 2. The number of amidine groups is 1. The fraction of sp³-hybridized carbons (Fsp3) is 0.400. The highest BCUT2D eigenvalue weighted by Crippen LogP contribution is 2.40. The van der Waals surface area contributed by atoms with Crippen LogP contribution >= 0.6 is 0 Å². The first kappa shape index (κ1) is 24.1. The van der Waals surface area contributed by atoms with E-state index >= 15 is 0 Å². The number of nitrogens with zero attached hydrogens (tertiary/aromatic N) is 1. The molecule has 8 heteroatoms. The Kier molecular flexibility index (Phi) is 6.67. The summed E-state index contributed by atoms with van der Waals surface area (Å²) in [5, 5.41) is 8.57. The van der Waals surface area contributed by atoms with Crippen LogP contribution in [0, 0.1) is 5.41 Å². The Morgan fingerprint density at radius 1 is 1.09 bits per heavy atom. The molecule has 1 aliphatic heterocycles. The molecule has 0 spiro atoms. The van der Waals surface area contributed by atoms with Crippen LogP contribution in [0.3, 0.4) is 0 Å². The van der Waals surface area contributed by atoms with Gasteiger partial charge in [-0.2, -0.15) is 0 Å². The van der Waals surface area contributed by atoms with Gasteiger partial charge in [0.1, 0.15) is 11.6 Å². The number of carbonyl (C=O) groups excluding carboxylic acids is 2. The van der Waals surface area contributed by atoms with E-state index in [-0.39, 0.29) is 29.1 Å². The normalized spacial score (nSPS) is 13.0. The lowest BCUT2D eigenvalue weighted by Gasteiger charge is -2.25. The number of nitrogens with two attached hydrogens (primary N) is 1. The highest BCUT2D eigenvalue weighted by molar-refractivity contribution is 6.07. The number of amides is 1. The fourth-order valence-corrected chi connectivity index (χ4v) is 3.98. The minimum atomic E-state index is -0.622. The van der Waals surface area contributed by atoms with E-state index in [2.05, 4.69) is 0 Å². The molecule has 1 aliphatic rings. The topological polar surface area (TPSA) is 115 Å². The summed E-state index contributed by atoms with van der Waals surface area (Å²) in [5.74, 6) is 0.869. The van der Waals surface area contributed by atoms with Crippen LogP contribution < -0.4 is 19.9 Å². The highest BCUT2D eigenvalue weighted by Gasteiger charge is 2.30. The molecule has 33 heavy (non-hydrogen) atoms. The van der Waals surface area contributed by atoms with Gasteiger partial charge in [0.05, 0.1) is 32.9 Å². The predicted molar refractivity (Wildman–Crippen MR) is 126 cm³/mol. The van der Waals surface area contributed by atoms with Crippen LogP contribution in [-0.2, 0) is 12.0 Å². The molecule has 0 aliphatic carbocycles. The highest BCUT2D eigenvalue weighted by atomic mass is 16.5. The van der Waals surface area contributed by atoms with Gasteiger partial charge in [0.2, 0.25) is 0 Å². The summed E-state index contributed by atoms with van der Waals surface area (Å²) in [4.78, 5) is 26.8. The zero-order valence-corrected chi connectivity index (χ0v) is 20.0. The van der Waals surface area contributed by atoms with E-state index in [1.54, 1.807) is 30.2 Å². The van der Waals surface area contributed by atoms with Crippen molar-refractivity contribution in [2.24, 2.45) is 5.73 Å². The number of primary amides is 1. The zero-order valence-electron chi connectivity index (χ0n) is 20.0. The summed E-state index contributed by atoms with van der Waals surface area (Å²) < 4.78 is 16.6. The van der Waals surface area contributed by atoms with Crippen molar-refractivity contribution in [1.29, 1.82) is 5.41 Å². The molecule has 3 rings (SSSR count). The van der Waals surface area contributed by atoms with Crippen LogP contribution in [0.15, 0.2) is 24.3 Å². The van der Waals surface area contributed by atoms with Gasteiger partial charge in [-0.1, -0.05) is 20.8 Å². The molecule has 176 valence electrons. The van der Waals surface area contributed by atoms with Gasteiger partial charge >= 0.3 is 0 Å². The summed E-state index contributed by atoms with van der Waals surface area (Å²) in [6.45, 7) is 8.68. The maximum atomic E-state index is 13.3. The van der Waals surface area contributed by atoms with Gasteiger partial charge in [0, 0.05) is 23.2 Å². The third kappa shape index (κ3) is 4.65. The second-order valence-electron chi connectivity index (χ2n) is 8.94. The number of fused-ring (bicyclic) bond motifs is 1. The van der Waals surface area contributed by atoms with E-state index in [1.807, 2.05) is 33.8 Å². The Labute approximate surface area is 194 Å². The second kappa shape index (κ2) is 9.13. The lowest BCUT2D eigenvalue weighted by atomic mass is 9.84. The summed E-state index contributed by atoms with van der Waals surface area (Å²) in [7, 11) is 3.12. The van der Waals surface area contributed by atoms with E-state index in [4.69, 9.17) is 25.4 Å². The molecule has 0 saturated heterocycles. The quantitative estimate of drug-likeness (QED) is 0.591. The number of carbonyl (C=O) groups is 2. The second-order valence-corrected chi connectivity index (χ2v) is 8.94. The van der Waals surface area contributed by atoms with Gasteiger partial charge in [0.25, 0.3) is 5.91 Å². The van der Waals surface area contributed by atoms with Crippen LogP contribution in [0.5, 0.6) is 17.2 Å². The average Bonchev–Trinajstić information content (AvgIpc) is 3.05. The average molecular weight is 454 g/mol. The molecule has 0 atom stereocenters. The van der Waals surface area contributed by atoms with Crippen molar-refractivity contribution in [2.45, 2.75) is 39.7 Å². The monoisotopic (exact) mass is 453 g/mol. The standard InChI is InChI=1S/C25H31N3O5/c1-7-33-20-10-15-12-28(23(26)16(15)11-17(20)24(27)30)13-19(29)14-8-18(25(2,3)4)22(32-6)21(9-14)31-5/h8-11,26H,7,12-13H2,1-6H3,(H2,27,30). The molecular weight excluding hydrogens is 422 g/mol. The van der Waals surface area contributed by atoms with E-state index in [0.717, 1.165) is 11.1 Å². The van der Waals surface area contributed by atoms with E-state index < -0.39 is 5.91 Å². The maximum absolute atomic E-state index is 13.3. The SMILES string of the molecule is CCOc1cc2c(cc1C(N)=O)C(=N)N(CC(=O)c1cc(OC)c(OC)c(C(C)(C)C)c1)C2. The van der Waals surface area contributed by atoms with Crippen LogP contribution in [-0.4, -0.2) is 49.8 Å². The molecule has 0 saturated carbocycles. The van der Waals surface area contributed by atoms with E-state index in [0.29, 0.717) is 41.5 Å². The van der Waals surface area contributed by atoms with Crippen molar-refractivity contribution in [1.82, 2.24) is 4.90 Å². The lowest BCUT2D eigenvalue weighted by Crippen LogP contribution is -2.30. The summed E-state index contributed by atoms with van der Waals surface area (Å²) in [6, 6.07) is 6.80. The number of Topliss-reactive ketones (excluding diaryl/α,β-unsaturated/α-hetero) is 1. The van der Waals surface area contributed by atoms with Crippen LogP contribution in [0.2, 0.25) is 0 Å². The maximum Gasteiger partial charge on any atom is 0.252 e. The smallest absolute Gasteiger partial charge is 0.252 e. The Bertz CT molecular complexity index is 1120. The molecule has 0 fully saturated rings. The first-order valence-corrected chi connectivity index (χ1v) is 10.7. The van der Waals surface area contributed by atoms with Crippen LogP contribution in [0.4, 0.5) is 0 Å². The predicted octanol–water partition coefficient (Wildman–Crippen LogP) is 3.52. The number of nitrogens with one attached hydrogen (secondary N) is 1. The largest absolute Gasteiger partial charge is 0.493 e. The molecule has 3 N–H and O–H groups in total. The van der Waals surface area contributed by atoms with Gasteiger partial charge in [-0.3, -0.25) is 15.0 Å². The number of ether oxygens (including phenoxy) is 3. The van der Waals surface area contributed by atoms with Crippen molar-refractivity contribution in [2.75, 3.05) is 27.4 Å². The number of hydrogen-bond donors (Lipinski definition) is 2. The van der Waals surface area contributed by atoms with Crippen molar-refractivity contribution in [3.63, 3.8) is 0 Å². The summed E-state index contributed by atoms with van der Waals surface area (Å²) in [6.07, 6.45) is 0. The molecule has 1 heterocycles. The van der Waals surface area contributed by atoms with Gasteiger partial charge in [-0.15, -0.1) is 0 Å². The van der Waals surface area contributed by atoms with Gasteiger partial charge in [0.15, 0.2) is 17.3 Å². The molecule has 0 bridgehead atoms. The van der Waals surface area contributed by atoms with Crippen molar-refractivity contribution in [3.05, 3.63) is 52.1 Å². The number of ketones is 1. The van der Waals surface area contributed by atoms with E-state index in [9.17, 15) is 9.59 Å². The molecule has 2 aromatic rings. The molecule has 2 aromatic carbocycles. The Hall–Kier alpha value is -3.55. The van der Waals surface area contributed by atoms with E-state index in [1.165, 1.54) is 7.11 Å².